The van der Waals surface area contributed by atoms with E-state index < -0.39 is 0 Å². The summed E-state index contributed by atoms with van der Waals surface area (Å²) in [6.45, 7) is 0.878. The van der Waals surface area contributed by atoms with Crippen molar-refractivity contribution in [1.82, 2.24) is 4.90 Å². The molecule has 0 aromatic rings. The first-order valence-electron chi connectivity index (χ1n) is 7.84. The molecule has 1 saturated heterocycles. The molecule has 0 spiro atoms. The van der Waals surface area contributed by atoms with Gasteiger partial charge in [0.1, 0.15) is 0 Å². The van der Waals surface area contributed by atoms with E-state index in [0.29, 0.717) is 6.42 Å². The summed E-state index contributed by atoms with van der Waals surface area (Å²) in [6, 6.07) is 0.0159. The van der Waals surface area contributed by atoms with E-state index in [-0.39, 0.29) is 24.1 Å². The normalized spacial score (nSPS) is 27.9. The third-order valence-electron chi connectivity index (χ3n) is 4.76. The van der Waals surface area contributed by atoms with Crippen LogP contribution in [0.15, 0.2) is 0 Å². The molecule has 0 radical (unpaired) electrons. The maximum atomic E-state index is 12.5. The van der Waals surface area contributed by atoms with E-state index in [1.807, 2.05) is 4.90 Å². The summed E-state index contributed by atoms with van der Waals surface area (Å²) >= 11 is 0. The van der Waals surface area contributed by atoms with E-state index in [4.69, 9.17) is 5.73 Å². The van der Waals surface area contributed by atoms with Gasteiger partial charge in [0.15, 0.2) is 0 Å². The highest BCUT2D eigenvalue weighted by atomic mass is 16.3. The third kappa shape index (κ3) is 3.93. The van der Waals surface area contributed by atoms with Crippen LogP contribution in [-0.2, 0) is 4.79 Å². The molecular formula is C15H28N2O2. The fourth-order valence-corrected chi connectivity index (χ4v) is 3.53. The Bertz CT molecular complexity index is 301. The van der Waals surface area contributed by atoms with Crippen molar-refractivity contribution in [3.63, 3.8) is 0 Å². The van der Waals surface area contributed by atoms with Crippen molar-refractivity contribution in [1.29, 1.82) is 0 Å². The van der Waals surface area contributed by atoms with Gasteiger partial charge >= 0.3 is 0 Å². The molecule has 1 atom stereocenters. The molecule has 3 N–H and O–H groups in total. The second kappa shape index (κ2) is 6.71. The zero-order valence-corrected chi connectivity index (χ0v) is 11.9. The van der Waals surface area contributed by atoms with Crippen molar-refractivity contribution in [3.05, 3.63) is 0 Å². The monoisotopic (exact) mass is 268 g/mol. The highest BCUT2D eigenvalue weighted by Gasteiger charge is 2.33. The molecule has 1 unspecified atom stereocenters. The molecule has 1 saturated carbocycles. The highest BCUT2D eigenvalue weighted by molar-refractivity contribution is 5.78. The summed E-state index contributed by atoms with van der Waals surface area (Å²) in [5, 5.41) is 9.48. The lowest BCUT2D eigenvalue weighted by Gasteiger charge is -2.36. The molecule has 110 valence electrons. The van der Waals surface area contributed by atoms with Crippen LogP contribution in [0.3, 0.4) is 0 Å². The number of hydrogen-bond donors (Lipinski definition) is 2. The maximum absolute atomic E-state index is 12.5. The summed E-state index contributed by atoms with van der Waals surface area (Å²) in [7, 11) is 0. The lowest BCUT2D eigenvalue weighted by Crippen LogP contribution is -2.50. The Balaban J connectivity index is 1.96. The van der Waals surface area contributed by atoms with Crippen molar-refractivity contribution in [3.8, 4) is 0 Å². The van der Waals surface area contributed by atoms with E-state index in [1.54, 1.807) is 0 Å². The standard InChI is InChI=1S/C15H28N2O2/c16-15(8-4-2-5-9-15)11-14(19)17-10-6-1-3-7-13(17)12-18/h13,18H,1-12,16H2. The first kappa shape index (κ1) is 14.8. The molecule has 1 aliphatic heterocycles. The molecule has 2 aliphatic rings. The number of aliphatic hydroxyl groups excluding tert-OH is 1. The molecular weight excluding hydrogens is 240 g/mol. The molecule has 0 bridgehead atoms. The number of nitrogens with zero attached hydrogens (tertiary/aromatic N) is 1. The minimum atomic E-state index is -0.290. The van der Waals surface area contributed by atoms with E-state index in [1.165, 1.54) is 6.42 Å². The third-order valence-corrected chi connectivity index (χ3v) is 4.76. The average Bonchev–Trinajstić information content (AvgIpc) is 2.64. The van der Waals surface area contributed by atoms with E-state index >= 15 is 0 Å². The van der Waals surface area contributed by atoms with E-state index in [2.05, 4.69) is 0 Å². The van der Waals surface area contributed by atoms with Crippen molar-refractivity contribution < 1.29 is 9.90 Å². The summed E-state index contributed by atoms with van der Waals surface area (Å²) in [4.78, 5) is 14.4. The van der Waals surface area contributed by atoms with E-state index in [9.17, 15) is 9.90 Å². The van der Waals surface area contributed by atoms with Gasteiger partial charge in [0, 0.05) is 18.5 Å². The highest BCUT2D eigenvalue weighted by Crippen LogP contribution is 2.30. The van der Waals surface area contributed by atoms with Gasteiger partial charge in [-0.2, -0.15) is 0 Å². The number of carbonyl (C=O) groups excluding carboxylic acids is 1. The number of aliphatic hydroxyl groups is 1. The second-order valence-electron chi connectivity index (χ2n) is 6.37. The van der Waals surface area contributed by atoms with Crippen LogP contribution in [0.25, 0.3) is 0 Å². The lowest BCUT2D eigenvalue weighted by atomic mass is 9.80. The van der Waals surface area contributed by atoms with Gasteiger partial charge in [-0.15, -0.1) is 0 Å². The van der Waals surface area contributed by atoms with Crippen molar-refractivity contribution in [2.75, 3.05) is 13.2 Å². The van der Waals surface area contributed by atoms with Crippen molar-refractivity contribution in [2.45, 2.75) is 75.8 Å². The zero-order valence-electron chi connectivity index (χ0n) is 11.9. The van der Waals surface area contributed by atoms with Crippen LogP contribution in [0, 0.1) is 0 Å². The Hall–Kier alpha value is -0.610. The predicted octanol–water partition coefficient (Wildman–Crippen LogP) is 1.80. The number of carbonyl (C=O) groups is 1. The van der Waals surface area contributed by atoms with Crippen molar-refractivity contribution >= 4 is 5.91 Å². The summed E-state index contributed by atoms with van der Waals surface area (Å²) in [6.07, 6.45) is 10.2. The maximum Gasteiger partial charge on any atom is 0.224 e. The summed E-state index contributed by atoms with van der Waals surface area (Å²) in [5.41, 5.74) is 6.09. The van der Waals surface area contributed by atoms with Crippen LogP contribution < -0.4 is 5.73 Å². The van der Waals surface area contributed by atoms with Gasteiger partial charge in [0.25, 0.3) is 0 Å². The number of hydrogen-bond acceptors (Lipinski definition) is 3. The first-order chi connectivity index (χ1) is 9.14. The Morgan fingerprint density at radius 1 is 1.16 bits per heavy atom. The Morgan fingerprint density at radius 3 is 2.53 bits per heavy atom. The first-order valence-corrected chi connectivity index (χ1v) is 7.84. The lowest BCUT2D eigenvalue weighted by molar-refractivity contribution is -0.136. The number of nitrogens with two attached hydrogens (primary N) is 1. The van der Waals surface area contributed by atoms with Crippen LogP contribution in [-0.4, -0.2) is 40.6 Å². The average molecular weight is 268 g/mol. The van der Waals surface area contributed by atoms with Gasteiger partial charge in [-0.1, -0.05) is 32.1 Å². The van der Waals surface area contributed by atoms with Gasteiger partial charge in [-0.05, 0) is 25.7 Å². The van der Waals surface area contributed by atoms with Gasteiger partial charge in [0.05, 0.1) is 12.6 Å². The Kier molecular flexibility index (Phi) is 5.22. The number of rotatable bonds is 3. The Morgan fingerprint density at radius 2 is 1.84 bits per heavy atom. The summed E-state index contributed by atoms with van der Waals surface area (Å²) < 4.78 is 0. The van der Waals surface area contributed by atoms with Gasteiger partial charge in [0.2, 0.25) is 5.91 Å². The molecule has 0 aromatic heterocycles. The Labute approximate surface area is 116 Å². The van der Waals surface area contributed by atoms with Crippen LogP contribution >= 0.6 is 0 Å². The van der Waals surface area contributed by atoms with E-state index in [0.717, 1.165) is 57.9 Å². The fourth-order valence-electron chi connectivity index (χ4n) is 3.53. The molecule has 1 heterocycles. The predicted molar refractivity (Wildman–Crippen MR) is 75.7 cm³/mol. The van der Waals surface area contributed by atoms with Crippen molar-refractivity contribution in [2.24, 2.45) is 5.73 Å². The largest absolute Gasteiger partial charge is 0.394 e. The fraction of sp³-hybridized carbons (Fsp3) is 0.933. The molecule has 4 nitrogen and oxygen atoms in total. The van der Waals surface area contributed by atoms with Crippen LogP contribution in [0.4, 0.5) is 0 Å². The zero-order chi connectivity index (χ0) is 13.7. The minimum Gasteiger partial charge on any atom is -0.394 e. The molecule has 2 fully saturated rings. The molecule has 1 amide bonds. The van der Waals surface area contributed by atoms with Gasteiger partial charge in [-0.3, -0.25) is 4.79 Å². The molecule has 1 aliphatic carbocycles. The molecule has 4 heteroatoms. The smallest absolute Gasteiger partial charge is 0.224 e. The SMILES string of the molecule is NC1(CC(=O)N2CCCCCC2CO)CCCCC1. The van der Waals surface area contributed by atoms with Crippen LogP contribution in [0.1, 0.15) is 64.2 Å². The minimum absolute atomic E-state index is 0.0159. The summed E-state index contributed by atoms with van der Waals surface area (Å²) in [5.74, 6) is 0.158. The van der Waals surface area contributed by atoms with Crippen LogP contribution in [0.2, 0.25) is 0 Å². The molecule has 0 aromatic carbocycles. The van der Waals surface area contributed by atoms with Gasteiger partial charge in [-0.25, -0.2) is 0 Å². The molecule has 19 heavy (non-hydrogen) atoms. The second-order valence-corrected chi connectivity index (χ2v) is 6.37. The quantitative estimate of drug-likeness (QED) is 0.820. The topological polar surface area (TPSA) is 66.6 Å². The van der Waals surface area contributed by atoms with Gasteiger partial charge < -0.3 is 15.7 Å². The van der Waals surface area contributed by atoms with Crippen LogP contribution in [0.5, 0.6) is 0 Å². The molecule has 2 rings (SSSR count). The number of amides is 1. The number of likely N-dealkylation sites (tertiary alicyclic amines) is 1.